The van der Waals surface area contributed by atoms with Gasteiger partial charge in [0.15, 0.2) is 0 Å². The summed E-state index contributed by atoms with van der Waals surface area (Å²) in [5, 5.41) is 24.1. The zero-order valence-electron chi connectivity index (χ0n) is 4.70. The normalized spacial score (nSPS) is 10.4. The van der Waals surface area contributed by atoms with Crippen LogP contribution in [0.25, 0.3) is 0 Å². The summed E-state index contributed by atoms with van der Waals surface area (Å²) >= 11 is 0. The van der Waals surface area contributed by atoms with Crippen LogP contribution in [0.2, 0.25) is 0 Å². The van der Waals surface area contributed by atoms with Crippen molar-refractivity contribution in [2.24, 2.45) is 0 Å². The van der Waals surface area contributed by atoms with Gasteiger partial charge in [-0.2, -0.15) is 0 Å². The highest BCUT2D eigenvalue weighted by Gasteiger charge is 2.01. The van der Waals surface area contributed by atoms with E-state index < -0.39 is 12.1 Å². The van der Waals surface area contributed by atoms with Gasteiger partial charge in [0.25, 0.3) is 0 Å². The molecule has 0 aromatic heterocycles. The number of rotatable bonds is 1. The van der Waals surface area contributed by atoms with Gasteiger partial charge < -0.3 is 10.2 Å². The molecule has 0 aliphatic heterocycles. The molecule has 54 valence electrons. The average Bonchev–Trinajstić information content (AvgIpc) is 1.68. The van der Waals surface area contributed by atoms with Crippen LogP contribution in [0.4, 0.5) is 0 Å². The van der Waals surface area contributed by atoms with Gasteiger partial charge in [-0.25, -0.2) is 4.79 Å². The van der Waals surface area contributed by atoms with Crippen LogP contribution < -0.4 is 5.34 Å². The molecular formula is C3H7NO5. The number of hydrogen-bond acceptors (Lipinski definition) is 4. The highest BCUT2D eigenvalue weighted by atomic mass is 16.6. The Bertz CT molecular complexity index is 90.2. The maximum atomic E-state index is 9.45. The Labute approximate surface area is 50.7 Å². The number of nitrogens with one attached hydrogen (secondary N) is 1. The lowest BCUT2D eigenvalue weighted by molar-refractivity contribution is -0.398. The van der Waals surface area contributed by atoms with E-state index in [2.05, 4.69) is 0 Å². The van der Waals surface area contributed by atoms with Crippen molar-refractivity contribution in [3.8, 4) is 0 Å². The molecule has 0 radical (unpaired) electrons. The number of hydrogen-bond donors (Lipinski definition) is 3. The topological polar surface area (TPSA) is 112 Å². The number of carboxylic acid groups (broad SMARTS) is 1. The van der Waals surface area contributed by atoms with Crippen molar-refractivity contribution in [1.29, 1.82) is 0 Å². The van der Waals surface area contributed by atoms with Gasteiger partial charge >= 0.3 is 5.97 Å². The van der Waals surface area contributed by atoms with E-state index in [1.165, 1.54) is 6.92 Å². The zero-order chi connectivity index (χ0) is 7.86. The smallest absolute Gasteiger partial charge is 0.332 e. The van der Waals surface area contributed by atoms with Gasteiger partial charge in [0, 0.05) is 5.34 Å². The number of aliphatic hydroxyl groups is 1. The predicted octanol–water partition coefficient (Wildman–Crippen LogP) is -2.22. The third-order valence-corrected chi connectivity index (χ3v) is 0.357. The summed E-state index contributed by atoms with van der Waals surface area (Å²) < 4.78 is 0. The van der Waals surface area contributed by atoms with Crippen molar-refractivity contribution in [3.63, 3.8) is 0 Å². The van der Waals surface area contributed by atoms with E-state index in [4.69, 9.17) is 20.3 Å². The second kappa shape index (κ2) is 6.83. The van der Waals surface area contributed by atoms with Gasteiger partial charge in [-0.05, 0) is 6.92 Å². The van der Waals surface area contributed by atoms with Crippen LogP contribution in [0.15, 0.2) is 0 Å². The fourth-order valence-corrected chi connectivity index (χ4v) is 0. The minimum Gasteiger partial charge on any atom is -0.479 e. The number of carbonyl (C=O) groups is 1. The molecule has 0 saturated carbocycles. The summed E-state index contributed by atoms with van der Waals surface area (Å²) in [5.41, 5.74) is 0. The van der Waals surface area contributed by atoms with E-state index in [0.29, 0.717) is 0 Å². The second-order valence-electron chi connectivity index (χ2n) is 1.10. The molecule has 0 aromatic rings. The van der Waals surface area contributed by atoms with Crippen molar-refractivity contribution < 1.29 is 20.3 Å². The zero-order valence-corrected chi connectivity index (χ0v) is 4.70. The maximum Gasteiger partial charge on any atom is 0.332 e. The monoisotopic (exact) mass is 137 g/mol. The summed E-state index contributed by atoms with van der Waals surface area (Å²) in [7, 11) is 0. The molecule has 1 unspecified atom stereocenters. The molecule has 3 N–H and O–H groups in total. The van der Waals surface area contributed by atoms with Gasteiger partial charge in [-0.3, -0.25) is 10.1 Å². The van der Waals surface area contributed by atoms with Gasteiger partial charge in [-0.1, -0.05) is 0 Å². The molecule has 0 fully saturated rings. The highest BCUT2D eigenvalue weighted by Crippen LogP contribution is 1.73. The largest absolute Gasteiger partial charge is 0.479 e. The molecule has 0 aromatic carbocycles. The van der Waals surface area contributed by atoms with E-state index in [9.17, 15) is 4.79 Å². The quantitative estimate of drug-likeness (QED) is 0.280. The number of aliphatic carboxylic acids is 1. The van der Waals surface area contributed by atoms with E-state index >= 15 is 0 Å². The Balaban J connectivity index is 0. The lowest BCUT2D eigenvalue weighted by atomic mass is 10.4. The molecular weight excluding hydrogens is 130 g/mol. The lowest BCUT2D eigenvalue weighted by Crippen LogP contribution is -2.53. The minimum atomic E-state index is -1.23. The maximum absolute atomic E-state index is 9.45. The minimum absolute atomic E-state index is 0.250. The first-order valence-electron chi connectivity index (χ1n) is 1.96. The van der Waals surface area contributed by atoms with E-state index in [1.807, 2.05) is 0 Å². The van der Waals surface area contributed by atoms with E-state index in [1.54, 1.807) is 0 Å². The van der Waals surface area contributed by atoms with E-state index in [-0.39, 0.29) is 5.34 Å². The fourth-order valence-electron chi connectivity index (χ4n) is 0. The van der Waals surface area contributed by atoms with Gasteiger partial charge in [0.05, 0.1) is 0 Å². The molecule has 6 nitrogen and oxygen atoms in total. The van der Waals surface area contributed by atoms with Crippen molar-refractivity contribution in [2.75, 3.05) is 0 Å². The predicted molar refractivity (Wildman–Crippen MR) is 27.0 cm³/mol. The van der Waals surface area contributed by atoms with Crippen LogP contribution >= 0.6 is 0 Å². The first-order chi connectivity index (χ1) is 4.06. The average molecular weight is 137 g/mol. The summed E-state index contributed by atoms with van der Waals surface area (Å²) in [6, 6.07) is 0. The van der Waals surface area contributed by atoms with Crippen LogP contribution in [-0.2, 0) is 4.79 Å². The van der Waals surface area contributed by atoms with Crippen molar-refractivity contribution in [3.05, 3.63) is 10.1 Å². The molecule has 0 aliphatic carbocycles. The Hall–Kier alpha value is -1.17. The molecule has 0 rings (SSSR count). The Morgan fingerprint density at radius 3 is 1.89 bits per heavy atom. The van der Waals surface area contributed by atoms with Crippen LogP contribution in [0, 0.1) is 10.1 Å². The lowest BCUT2D eigenvalue weighted by Gasteiger charge is -1.89. The highest BCUT2D eigenvalue weighted by molar-refractivity contribution is 5.71. The van der Waals surface area contributed by atoms with Gasteiger partial charge in [-0.15, -0.1) is 0 Å². The molecule has 0 heterocycles. The van der Waals surface area contributed by atoms with E-state index in [0.717, 1.165) is 0 Å². The van der Waals surface area contributed by atoms with Crippen LogP contribution in [0.3, 0.4) is 0 Å². The van der Waals surface area contributed by atoms with Crippen LogP contribution in [0.5, 0.6) is 0 Å². The first-order valence-corrected chi connectivity index (χ1v) is 1.96. The molecule has 0 aliphatic rings. The van der Waals surface area contributed by atoms with Gasteiger partial charge in [0.1, 0.15) is 6.10 Å². The Morgan fingerprint density at radius 1 is 1.78 bits per heavy atom. The number of aliphatic hydroxyl groups excluding tert-OH is 1. The molecule has 6 heteroatoms. The third kappa shape index (κ3) is 19.9. The Morgan fingerprint density at radius 2 is 1.89 bits per heavy atom. The molecule has 0 saturated heterocycles. The summed E-state index contributed by atoms with van der Waals surface area (Å²) in [4.78, 5) is 17.6. The van der Waals surface area contributed by atoms with Crippen molar-refractivity contribution >= 4 is 5.97 Å². The molecule has 0 amide bonds. The molecule has 9 heavy (non-hydrogen) atoms. The summed E-state index contributed by atoms with van der Waals surface area (Å²) in [5.74, 6) is -1.19. The summed E-state index contributed by atoms with van der Waals surface area (Å²) in [6.07, 6.45) is -1.23. The van der Waals surface area contributed by atoms with Gasteiger partial charge in [0.2, 0.25) is 0 Å². The summed E-state index contributed by atoms with van der Waals surface area (Å²) in [6.45, 7) is 1.20. The first kappa shape index (κ1) is 10.7. The Kier molecular flexibility index (Phi) is 8.16. The van der Waals surface area contributed by atoms with Crippen molar-refractivity contribution in [1.82, 2.24) is 0 Å². The van der Waals surface area contributed by atoms with Crippen LogP contribution in [0.1, 0.15) is 6.92 Å². The standard InChI is InChI=1S/C3H6O3.HNO2/c1-2(4)3(5)6;2-1-3/h2,4H,1H3,(H,5,6);1H. The SMILES string of the molecule is CC(O)C(=O)O.O=[NH+][O-]. The second-order valence-corrected chi connectivity index (χ2v) is 1.10. The molecule has 0 spiro atoms. The fraction of sp³-hybridized carbons (Fsp3) is 0.667. The van der Waals surface area contributed by atoms with Crippen LogP contribution in [-0.4, -0.2) is 22.3 Å². The number of carboxylic acids is 1. The molecule has 0 bridgehead atoms. The third-order valence-electron chi connectivity index (χ3n) is 0.357. The molecule has 1 atom stereocenters. The van der Waals surface area contributed by atoms with Crippen molar-refractivity contribution in [2.45, 2.75) is 13.0 Å².